The van der Waals surface area contributed by atoms with Gasteiger partial charge in [0.05, 0.1) is 5.69 Å². The molecule has 0 amide bonds. The number of aromatic nitrogens is 2. The lowest BCUT2D eigenvalue weighted by Gasteiger charge is -2.52. The Labute approximate surface area is 200 Å². The molecule has 34 heavy (non-hydrogen) atoms. The normalized spacial score (nSPS) is 27.0. The Balaban J connectivity index is 1.20. The summed E-state index contributed by atoms with van der Waals surface area (Å²) < 4.78 is 46.7. The maximum Gasteiger partial charge on any atom is 0.168 e. The molecular formula is C24H31B2F3N4O. The molecule has 1 aromatic carbocycles. The third kappa shape index (κ3) is 4.24. The molecule has 3 atom stereocenters. The maximum absolute atomic E-state index is 14.0. The van der Waals surface area contributed by atoms with Crippen LogP contribution >= 0.6 is 0 Å². The molecule has 0 spiro atoms. The molecule has 3 heterocycles. The summed E-state index contributed by atoms with van der Waals surface area (Å²) in [7, 11) is 4.80. The minimum absolute atomic E-state index is 0.101. The fourth-order valence-corrected chi connectivity index (χ4v) is 6.19. The number of anilines is 1. The summed E-state index contributed by atoms with van der Waals surface area (Å²) >= 11 is 0. The molecule has 1 saturated carbocycles. The Bertz CT molecular complexity index is 1040. The van der Waals surface area contributed by atoms with Crippen LogP contribution in [0.5, 0.6) is 0 Å². The van der Waals surface area contributed by atoms with Crippen LogP contribution in [0.1, 0.15) is 32.6 Å². The van der Waals surface area contributed by atoms with Gasteiger partial charge >= 0.3 is 0 Å². The highest BCUT2D eigenvalue weighted by Gasteiger charge is 2.51. The highest BCUT2D eigenvalue weighted by atomic mass is 19.2. The molecule has 1 aliphatic carbocycles. The van der Waals surface area contributed by atoms with Crippen molar-refractivity contribution in [2.75, 3.05) is 31.6 Å². The molecule has 1 N–H and O–H groups in total. The molecule has 3 aliphatic rings. The van der Waals surface area contributed by atoms with Crippen LogP contribution in [0.15, 0.2) is 24.3 Å². The first kappa shape index (κ1) is 23.7. The maximum atomic E-state index is 14.0. The minimum atomic E-state index is -1.24. The fourth-order valence-electron chi connectivity index (χ4n) is 6.19. The molecule has 0 bridgehead atoms. The molecular weight excluding hydrogens is 439 g/mol. The van der Waals surface area contributed by atoms with Crippen LogP contribution in [-0.2, 0) is 4.74 Å². The zero-order valence-electron chi connectivity index (χ0n) is 20.1. The molecule has 0 unspecified atom stereocenters. The van der Waals surface area contributed by atoms with Crippen LogP contribution in [0.25, 0.3) is 11.3 Å². The van der Waals surface area contributed by atoms with Gasteiger partial charge in [0.2, 0.25) is 0 Å². The quantitative estimate of drug-likeness (QED) is 0.538. The lowest BCUT2D eigenvalue weighted by Crippen LogP contribution is -2.61. The molecule has 2 aromatic rings. The van der Waals surface area contributed by atoms with E-state index >= 15 is 0 Å². The van der Waals surface area contributed by atoms with Crippen molar-refractivity contribution in [3.63, 3.8) is 0 Å². The number of nitrogens with one attached hydrogen (secondary N) is 1. The van der Waals surface area contributed by atoms with Crippen molar-refractivity contribution in [3.05, 3.63) is 41.7 Å². The Kier molecular flexibility index (Phi) is 6.17. The summed E-state index contributed by atoms with van der Waals surface area (Å²) in [6.07, 6.45) is 4.36. The number of benzene rings is 1. The van der Waals surface area contributed by atoms with E-state index in [1.54, 1.807) is 12.1 Å². The molecule has 2 aliphatic heterocycles. The predicted octanol–water partition coefficient (Wildman–Crippen LogP) is 2.42. The van der Waals surface area contributed by atoms with Gasteiger partial charge in [-0.3, -0.25) is 0 Å². The molecule has 5 nitrogen and oxygen atoms in total. The van der Waals surface area contributed by atoms with Gasteiger partial charge in [-0.05, 0) is 66.5 Å². The Morgan fingerprint density at radius 2 is 1.74 bits per heavy atom. The van der Waals surface area contributed by atoms with Gasteiger partial charge in [-0.25, -0.2) is 13.2 Å². The zero-order valence-corrected chi connectivity index (χ0v) is 20.1. The zero-order chi connectivity index (χ0) is 24.1. The highest BCUT2D eigenvalue weighted by molar-refractivity contribution is 6.40. The first-order valence-corrected chi connectivity index (χ1v) is 12.2. The van der Waals surface area contributed by atoms with Gasteiger partial charge in [-0.2, -0.15) is 0 Å². The van der Waals surface area contributed by atoms with Crippen LogP contribution < -0.4 is 5.32 Å². The summed E-state index contributed by atoms with van der Waals surface area (Å²) in [5.74, 6) is -1.31. The average molecular weight is 470 g/mol. The fraction of sp³-hybridized carbons (Fsp3) is 0.583. The molecule has 180 valence electrons. The standard InChI is InChI=1S/C24H31B2F3N4O/c1-23(4-6-34-7-5-23)24(25,26)33-12-14-8-17(9-15(14)13-33)30-21-3-2-20(31-32-21)18-10-16(27)11-19(28)22(18)29/h2-3,10-11,14-15,17H,4-9,12-13,25-26H2,1H3,(H,30,32)/t14-,15+,17+. The summed E-state index contributed by atoms with van der Waals surface area (Å²) in [5, 5.41) is 11.7. The van der Waals surface area contributed by atoms with Crippen molar-refractivity contribution in [2.45, 2.75) is 44.0 Å². The largest absolute Gasteiger partial charge is 0.381 e. The van der Waals surface area contributed by atoms with E-state index in [9.17, 15) is 13.2 Å². The van der Waals surface area contributed by atoms with E-state index in [4.69, 9.17) is 4.74 Å². The number of hydrogen-bond donors (Lipinski definition) is 1. The van der Waals surface area contributed by atoms with E-state index in [1.165, 1.54) is 0 Å². The van der Waals surface area contributed by atoms with Crippen LogP contribution in [0, 0.1) is 34.7 Å². The van der Waals surface area contributed by atoms with E-state index in [0.717, 1.165) is 58.1 Å². The number of ether oxygens (including phenoxy) is 1. The molecule has 5 rings (SSSR count). The van der Waals surface area contributed by atoms with E-state index in [2.05, 4.69) is 43.0 Å². The average Bonchev–Trinajstić information content (AvgIpc) is 3.36. The van der Waals surface area contributed by atoms with Gasteiger partial charge < -0.3 is 15.0 Å². The molecule has 2 saturated heterocycles. The first-order chi connectivity index (χ1) is 16.2. The van der Waals surface area contributed by atoms with Gasteiger partial charge in [0, 0.05) is 44.0 Å². The van der Waals surface area contributed by atoms with Gasteiger partial charge in [-0.15, -0.1) is 10.2 Å². The number of likely N-dealkylation sites (tertiary alicyclic amines) is 1. The third-order valence-corrected chi connectivity index (χ3v) is 8.90. The van der Waals surface area contributed by atoms with E-state index in [1.807, 2.05) is 0 Å². The van der Waals surface area contributed by atoms with Gasteiger partial charge in [0.1, 0.15) is 27.3 Å². The number of rotatable bonds is 5. The topological polar surface area (TPSA) is 50.3 Å². The number of nitrogens with zero attached hydrogens (tertiary/aromatic N) is 3. The summed E-state index contributed by atoms with van der Waals surface area (Å²) in [6, 6.07) is 5.00. The number of hydrogen-bond acceptors (Lipinski definition) is 5. The molecule has 0 radical (unpaired) electrons. The number of halogens is 3. The summed E-state index contributed by atoms with van der Waals surface area (Å²) in [6.45, 7) is 6.35. The van der Waals surface area contributed by atoms with Crippen molar-refractivity contribution in [2.24, 2.45) is 17.3 Å². The smallest absolute Gasteiger partial charge is 0.168 e. The van der Waals surface area contributed by atoms with Gasteiger partial charge in [-0.1, -0.05) is 6.92 Å². The second-order valence-corrected chi connectivity index (χ2v) is 11.0. The lowest BCUT2D eigenvalue weighted by atomic mass is 9.45. The van der Waals surface area contributed by atoms with Crippen molar-refractivity contribution >= 4 is 21.5 Å². The summed E-state index contributed by atoms with van der Waals surface area (Å²) in [4.78, 5) is 2.70. The van der Waals surface area contributed by atoms with Crippen molar-refractivity contribution in [1.82, 2.24) is 15.1 Å². The van der Waals surface area contributed by atoms with Crippen LogP contribution in [0.3, 0.4) is 0 Å². The van der Waals surface area contributed by atoms with Crippen molar-refractivity contribution in [3.8, 4) is 11.3 Å². The minimum Gasteiger partial charge on any atom is -0.381 e. The second kappa shape index (κ2) is 8.86. The molecule has 10 heteroatoms. The van der Waals surface area contributed by atoms with Crippen molar-refractivity contribution in [1.29, 1.82) is 0 Å². The second-order valence-electron chi connectivity index (χ2n) is 11.0. The van der Waals surface area contributed by atoms with Crippen molar-refractivity contribution < 1.29 is 17.9 Å². The van der Waals surface area contributed by atoms with E-state index in [0.29, 0.717) is 29.8 Å². The predicted molar refractivity (Wildman–Crippen MR) is 131 cm³/mol. The third-order valence-electron chi connectivity index (χ3n) is 8.90. The van der Waals surface area contributed by atoms with Crippen LogP contribution in [-0.4, -0.2) is 68.5 Å². The van der Waals surface area contributed by atoms with E-state index < -0.39 is 17.5 Å². The van der Waals surface area contributed by atoms with E-state index in [-0.39, 0.29) is 22.0 Å². The first-order valence-electron chi connectivity index (χ1n) is 12.2. The monoisotopic (exact) mass is 470 g/mol. The summed E-state index contributed by atoms with van der Waals surface area (Å²) in [5.41, 5.74) is 0.139. The molecule has 3 fully saturated rings. The highest BCUT2D eigenvalue weighted by Crippen LogP contribution is 2.47. The van der Waals surface area contributed by atoms with Crippen LogP contribution in [0.2, 0.25) is 0 Å². The Morgan fingerprint density at radius 1 is 1.06 bits per heavy atom. The van der Waals surface area contributed by atoms with Gasteiger partial charge in [0.15, 0.2) is 11.6 Å². The Hall–Kier alpha value is -2.06. The number of fused-ring (bicyclic) bond motifs is 1. The lowest BCUT2D eigenvalue weighted by molar-refractivity contribution is -0.0164. The molecule has 1 aromatic heterocycles. The van der Waals surface area contributed by atoms with Gasteiger partial charge in [0.25, 0.3) is 0 Å². The Morgan fingerprint density at radius 3 is 2.35 bits per heavy atom. The van der Waals surface area contributed by atoms with Crippen LogP contribution in [0.4, 0.5) is 19.0 Å². The SMILES string of the molecule is BC(B)(N1C[C@H]2C[C@H](Nc3ccc(-c4cc(F)cc(F)c4F)nn3)C[C@H]2C1)C1(C)CCOCC1.